The summed E-state index contributed by atoms with van der Waals surface area (Å²) in [6.45, 7) is 2.91. The molecule has 0 aliphatic heterocycles. The average molecular weight is 318 g/mol. The number of imidazole rings is 1. The molecule has 0 unspecified atom stereocenters. The monoisotopic (exact) mass is 318 g/mol. The van der Waals surface area contributed by atoms with Crippen LogP contribution in [-0.4, -0.2) is 19.5 Å². The van der Waals surface area contributed by atoms with Crippen molar-refractivity contribution in [1.29, 1.82) is 0 Å². The molecule has 5 heteroatoms. The van der Waals surface area contributed by atoms with E-state index in [1.54, 1.807) is 18.6 Å². The number of furan rings is 1. The number of aryl methyl sites for hydroxylation is 3. The Morgan fingerprint density at radius 3 is 2.83 bits per heavy atom. The first-order valence-electron chi connectivity index (χ1n) is 8.13. The molecule has 120 valence electrons. The van der Waals surface area contributed by atoms with E-state index in [4.69, 9.17) is 4.42 Å². The largest absolute Gasteiger partial charge is 0.460 e. The summed E-state index contributed by atoms with van der Waals surface area (Å²) in [6, 6.07) is 8.13. The molecule has 1 aromatic carbocycles. The second-order valence-corrected chi connectivity index (χ2v) is 5.64. The highest BCUT2D eigenvalue weighted by molar-refractivity contribution is 5.94. The van der Waals surface area contributed by atoms with Crippen molar-refractivity contribution in [1.82, 2.24) is 19.5 Å². The number of para-hydroxylation sites is 1. The van der Waals surface area contributed by atoms with Crippen LogP contribution in [0.4, 0.5) is 0 Å². The van der Waals surface area contributed by atoms with E-state index in [1.807, 2.05) is 30.6 Å². The SMILES string of the molecule is CCc1oc2ccccc2c1-c1nccn1CCc1cnccn1. The maximum Gasteiger partial charge on any atom is 0.144 e. The summed E-state index contributed by atoms with van der Waals surface area (Å²) in [4.78, 5) is 13.1. The lowest BCUT2D eigenvalue weighted by Crippen LogP contribution is -2.04. The number of rotatable bonds is 5. The van der Waals surface area contributed by atoms with Gasteiger partial charge in [-0.25, -0.2) is 4.98 Å². The first-order valence-corrected chi connectivity index (χ1v) is 8.13. The van der Waals surface area contributed by atoms with Crippen LogP contribution in [0.5, 0.6) is 0 Å². The molecule has 0 aliphatic carbocycles. The van der Waals surface area contributed by atoms with Crippen LogP contribution in [0.15, 0.2) is 59.7 Å². The minimum absolute atomic E-state index is 0.802. The summed E-state index contributed by atoms with van der Waals surface area (Å²) in [5, 5.41) is 1.11. The van der Waals surface area contributed by atoms with Gasteiger partial charge in [-0.05, 0) is 6.07 Å². The number of aromatic nitrogens is 4. The van der Waals surface area contributed by atoms with Crippen LogP contribution >= 0.6 is 0 Å². The Hall–Kier alpha value is -2.95. The van der Waals surface area contributed by atoms with E-state index in [-0.39, 0.29) is 0 Å². The van der Waals surface area contributed by atoms with Crippen molar-refractivity contribution in [3.8, 4) is 11.4 Å². The van der Waals surface area contributed by atoms with Gasteiger partial charge in [-0.3, -0.25) is 9.97 Å². The molecule has 0 saturated carbocycles. The Kier molecular flexibility index (Phi) is 3.83. The molecule has 0 amide bonds. The van der Waals surface area contributed by atoms with Gasteiger partial charge in [-0.2, -0.15) is 0 Å². The molecule has 3 aromatic heterocycles. The number of nitrogens with zero attached hydrogens (tertiary/aromatic N) is 4. The average Bonchev–Trinajstić information content (AvgIpc) is 3.24. The van der Waals surface area contributed by atoms with E-state index in [1.165, 1.54) is 0 Å². The Morgan fingerprint density at radius 2 is 2.00 bits per heavy atom. The summed E-state index contributed by atoms with van der Waals surface area (Å²) >= 11 is 0. The zero-order valence-corrected chi connectivity index (χ0v) is 13.5. The Bertz CT molecular complexity index is 956. The van der Waals surface area contributed by atoms with E-state index < -0.39 is 0 Å². The van der Waals surface area contributed by atoms with E-state index in [9.17, 15) is 0 Å². The molecule has 24 heavy (non-hydrogen) atoms. The molecular weight excluding hydrogens is 300 g/mol. The van der Waals surface area contributed by atoms with Gasteiger partial charge >= 0.3 is 0 Å². The highest BCUT2D eigenvalue weighted by atomic mass is 16.3. The van der Waals surface area contributed by atoms with Gasteiger partial charge in [0.2, 0.25) is 0 Å². The number of hydrogen-bond donors (Lipinski definition) is 0. The maximum absolute atomic E-state index is 6.01. The van der Waals surface area contributed by atoms with Gasteiger partial charge in [0.1, 0.15) is 17.2 Å². The topological polar surface area (TPSA) is 56.7 Å². The summed E-state index contributed by atoms with van der Waals surface area (Å²) in [7, 11) is 0. The highest BCUT2D eigenvalue weighted by Crippen LogP contribution is 2.34. The molecular formula is C19H18N4O. The highest BCUT2D eigenvalue weighted by Gasteiger charge is 2.18. The fourth-order valence-corrected chi connectivity index (χ4v) is 3.00. The van der Waals surface area contributed by atoms with Crippen LogP contribution in [0.2, 0.25) is 0 Å². The van der Waals surface area contributed by atoms with Gasteiger partial charge in [-0.15, -0.1) is 0 Å². The van der Waals surface area contributed by atoms with Gasteiger partial charge in [0.25, 0.3) is 0 Å². The quantitative estimate of drug-likeness (QED) is 0.560. The molecule has 4 aromatic rings. The molecule has 0 radical (unpaired) electrons. The van der Waals surface area contributed by atoms with Gasteiger partial charge < -0.3 is 8.98 Å². The van der Waals surface area contributed by atoms with Crippen LogP contribution in [-0.2, 0) is 19.4 Å². The third-order valence-electron chi connectivity index (χ3n) is 4.15. The molecule has 0 N–H and O–H groups in total. The van der Waals surface area contributed by atoms with Gasteiger partial charge in [0, 0.05) is 55.8 Å². The normalized spacial score (nSPS) is 11.2. The molecule has 0 bridgehead atoms. The van der Waals surface area contributed by atoms with E-state index in [0.717, 1.165) is 53.2 Å². The molecule has 0 spiro atoms. The second kappa shape index (κ2) is 6.28. The molecule has 0 atom stereocenters. The summed E-state index contributed by atoms with van der Waals surface area (Å²) in [5.74, 6) is 1.92. The zero-order valence-electron chi connectivity index (χ0n) is 13.5. The lowest BCUT2D eigenvalue weighted by Gasteiger charge is -2.08. The first kappa shape index (κ1) is 14.6. The standard InChI is InChI=1S/C19H18N4O/c1-2-16-18(15-5-3-4-6-17(15)24-16)19-22-10-12-23(19)11-7-14-13-20-8-9-21-14/h3-6,8-10,12-13H,2,7,11H2,1H3. The van der Waals surface area contributed by atoms with Crippen molar-refractivity contribution in [2.45, 2.75) is 26.3 Å². The molecule has 0 saturated heterocycles. The van der Waals surface area contributed by atoms with Crippen molar-refractivity contribution in [3.05, 3.63) is 66.7 Å². The second-order valence-electron chi connectivity index (χ2n) is 5.64. The van der Waals surface area contributed by atoms with Crippen molar-refractivity contribution >= 4 is 11.0 Å². The maximum atomic E-state index is 6.01. The van der Waals surface area contributed by atoms with E-state index >= 15 is 0 Å². The number of benzene rings is 1. The molecule has 4 rings (SSSR count). The van der Waals surface area contributed by atoms with Gasteiger partial charge in [0.05, 0.1) is 11.3 Å². The Balaban J connectivity index is 1.72. The van der Waals surface area contributed by atoms with Crippen LogP contribution in [0.25, 0.3) is 22.4 Å². The van der Waals surface area contributed by atoms with Crippen LogP contribution in [0.3, 0.4) is 0 Å². The van der Waals surface area contributed by atoms with E-state index in [2.05, 4.69) is 32.5 Å². The first-order chi connectivity index (χ1) is 11.9. The number of hydrogen-bond acceptors (Lipinski definition) is 4. The van der Waals surface area contributed by atoms with Crippen LogP contribution < -0.4 is 0 Å². The molecule has 3 heterocycles. The number of fused-ring (bicyclic) bond motifs is 1. The molecule has 0 aliphatic rings. The summed E-state index contributed by atoms with van der Waals surface area (Å²) in [5.41, 5.74) is 2.98. The van der Waals surface area contributed by atoms with Crippen LogP contribution in [0, 0.1) is 0 Å². The summed E-state index contributed by atoms with van der Waals surface area (Å²) < 4.78 is 8.17. The third-order valence-corrected chi connectivity index (χ3v) is 4.15. The predicted molar refractivity (Wildman–Crippen MR) is 92.5 cm³/mol. The van der Waals surface area contributed by atoms with Crippen molar-refractivity contribution in [3.63, 3.8) is 0 Å². The van der Waals surface area contributed by atoms with Crippen molar-refractivity contribution in [2.75, 3.05) is 0 Å². The zero-order chi connectivity index (χ0) is 16.4. The van der Waals surface area contributed by atoms with E-state index in [0.29, 0.717) is 0 Å². The lowest BCUT2D eigenvalue weighted by atomic mass is 10.1. The predicted octanol–water partition coefficient (Wildman–Crippen LogP) is 3.89. The Labute approximate surface area is 140 Å². The Morgan fingerprint density at radius 1 is 1.08 bits per heavy atom. The lowest BCUT2D eigenvalue weighted by molar-refractivity contribution is 0.557. The van der Waals surface area contributed by atoms with Crippen LogP contribution in [0.1, 0.15) is 18.4 Å². The fraction of sp³-hybridized carbons (Fsp3) is 0.211. The molecule has 5 nitrogen and oxygen atoms in total. The minimum Gasteiger partial charge on any atom is -0.460 e. The smallest absolute Gasteiger partial charge is 0.144 e. The molecule has 0 fully saturated rings. The van der Waals surface area contributed by atoms with Crippen molar-refractivity contribution in [2.24, 2.45) is 0 Å². The van der Waals surface area contributed by atoms with Gasteiger partial charge in [-0.1, -0.05) is 25.1 Å². The minimum atomic E-state index is 0.802. The van der Waals surface area contributed by atoms with Gasteiger partial charge in [0.15, 0.2) is 0 Å². The summed E-state index contributed by atoms with van der Waals surface area (Å²) in [6.07, 6.45) is 10.7. The third kappa shape index (κ3) is 2.58. The van der Waals surface area contributed by atoms with Crippen molar-refractivity contribution < 1.29 is 4.42 Å². The fourth-order valence-electron chi connectivity index (χ4n) is 3.00.